The molecule has 0 saturated carbocycles. The van der Waals surface area contributed by atoms with Crippen LogP contribution in [0.1, 0.15) is 12.2 Å². The minimum absolute atomic E-state index is 0.0414. The third-order valence-corrected chi connectivity index (χ3v) is 3.40. The highest BCUT2D eigenvalue weighted by atomic mass is 35.5. The van der Waals surface area contributed by atoms with Crippen LogP contribution in [0.15, 0.2) is 34.7 Å². The van der Waals surface area contributed by atoms with E-state index < -0.39 is 4.92 Å². The van der Waals surface area contributed by atoms with Crippen LogP contribution in [0.25, 0.3) is 11.3 Å². The number of non-ortho nitro benzene ring substituents is 1. The molecule has 0 atom stereocenters. The van der Waals surface area contributed by atoms with Gasteiger partial charge in [-0.15, -0.1) is 0 Å². The lowest BCUT2D eigenvalue weighted by molar-refractivity contribution is -0.384. The monoisotopic (exact) mass is 324 g/mol. The van der Waals surface area contributed by atoms with E-state index in [-0.39, 0.29) is 5.69 Å². The molecule has 2 rings (SSSR count). The van der Waals surface area contributed by atoms with Crippen molar-refractivity contribution in [1.29, 1.82) is 0 Å². The Balaban J connectivity index is 2.00. The molecule has 0 aliphatic rings. The first-order valence-corrected chi connectivity index (χ1v) is 7.22. The first-order chi connectivity index (χ1) is 10.6. The zero-order chi connectivity index (χ0) is 15.9. The lowest BCUT2D eigenvalue weighted by Crippen LogP contribution is -2.15. The Kier molecular flexibility index (Phi) is 5.94. The molecule has 1 heterocycles. The highest BCUT2D eigenvalue weighted by Gasteiger charge is 2.13. The number of hydrogen-bond donors (Lipinski definition) is 1. The van der Waals surface area contributed by atoms with Gasteiger partial charge in [0.2, 0.25) is 0 Å². The fourth-order valence-corrected chi connectivity index (χ4v) is 2.26. The van der Waals surface area contributed by atoms with Crippen molar-refractivity contribution in [3.8, 4) is 11.3 Å². The molecule has 2 aromatic rings. The van der Waals surface area contributed by atoms with Gasteiger partial charge in [0.25, 0.3) is 5.69 Å². The highest BCUT2D eigenvalue weighted by Crippen LogP contribution is 2.32. The summed E-state index contributed by atoms with van der Waals surface area (Å²) in [5, 5.41) is 14.2. The average Bonchev–Trinajstić information content (AvgIpc) is 2.95. The van der Waals surface area contributed by atoms with Gasteiger partial charge in [-0.1, -0.05) is 11.6 Å². The van der Waals surface area contributed by atoms with Crippen molar-refractivity contribution in [2.24, 2.45) is 0 Å². The molecular formula is C15H17ClN2O4. The molecule has 0 bridgehead atoms. The number of hydrogen-bond acceptors (Lipinski definition) is 5. The summed E-state index contributed by atoms with van der Waals surface area (Å²) >= 11 is 6.08. The predicted molar refractivity (Wildman–Crippen MR) is 84.0 cm³/mol. The van der Waals surface area contributed by atoms with Crippen molar-refractivity contribution in [3.05, 3.63) is 51.2 Å². The molecule has 1 aromatic heterocycles. The molecule has 22 heavy (non-hydrogen) atoms. The second kappa shape index (κ2) is 7.93. The number of ether oxygens (including phenoxy) is 1. The van der Waals surface area contributed by atoms with Crippen molar-refractivity contribution in [2.75, 3.05) is 20.3 Å². The summed E-state index contributed by atoms with van der Waals surface area (Å²) in [6.07, 6.45) is 0.929. The Morgan fingerprint density at radius 3 is 2.86 bits per heavy atom. The normalized spacial score (nSPS) is 10.8. The Hall–Kier alpha value is -1.89. The van der Waals surface area contributed by atoms with E-state index in [9.17, 15) is 10.1 Å². The highest BCUT2D eigenvalue weighted by molar-refractivity contribution is 6.33. The number of nitrogens with one attached hydrogen (secondary N) is 1. The summed E-state index contributed by atoms with van der Waals surface area (Å²) in [6, 6.07) is 7.99. The minimum Gasteiger partial charge on any atom is -0.460 e. The Morgan fingerprint density at radius 1 is 1.36 bits per heavy atom. The second-order valence-corrected chi connectivity index (χ2v) is 5.12. The van der Waals surface area contributed by atoms with E-state index in [1.165, 1.54) is 12.1 Å². The van der Waals surface area contributed by atoms with Crippen molar-refractivity contribution in [3.63, 3.8) is 0 Å². The van der Waals surface area contributed by atoms with E-state index in [1.807, 2.05) is 6.07 Å². The molecule has 6 nitrogen and oxygen atoms in total. The van der Waals surface area contributed by atoms with Crippen molar-refractivity contribution < 1.29 is 14.1 Å². The van der Waals surface area contributed by atoms with Crippen molar-refractivity contribution in [1.82, 2.24) is 5.32 Å². The number of rotatable bonds is 8. The SMILES string of the molecule is COCCCNCc1ccc(-c2ccc([N+](=O)[O-])cc2Cl)o1. The summed E-state index contributed by atoms with van der Waals surface area (Å²) in [7, 11) is 1.67. The number of benzene rings is 1. The summed E-state index contributed by atoms with van der Waals surface area (Å²) in [5.41, 5.74) is 0.596. The quantitative estimate of drug-likeness (QED) is 0.456. The van der Waals surface area contributed by atoms with Gasteiger partial charge in [-0.2, -0.15) is 0 Å². The number of nitro groups is 1. The molecule has 0 amide bonds. The molecule has 0 saturated heterocycles. The maximum Gasteiger partial charge on any atom is 0.270 e. The van der Waals surface area contributed by atoms with Gasteiger partial charge in [0, 0.05) is 31.4 Å². The van der Waals surface area contributed by atoms with Gasteiger partial charge in [0.1, 0.15) is 11.5 Å². The molecule has 1 aromatic carbocycles. The lowest BCUT2D eigenvalue weighted by atomic mass is 10.1. The predicted octanol–water partition coefficient (Wildman–Crippen LogP) is 3.63. The van der Waals surface area contributed by atoms with Crippen LogP contribution in [0.2, 0.25) is 5.02 Å². The fourth-order valence-electron chi connectivity index (χ4n) is 1.99. The zero-order valence-corrected chi connectivity index (χ0v) is 12.9. The number of nitro benzene ring substituents is 1. The number of methoxy groups -OCH3 is 1. The van der Waals surface area contributed by atoms with Gasteiger partial charge in [-0.25, -0.2) is 0 Å². The molecule has 0 fully saturated rings. The van der Waals surface area contributed by atoms with Crippen LogP contribution < -0.4 is 5.32 Å². The largest absolute Gasteiger partial charge is 0.460 e. The smallest absolute Gasteiger partial charge is 0.270 e. The van der Waals surface area contributed by atoms with Gasteiger partial charge in [0.05, 0.1) is 16.5 Å². The number of furan rings is 1. The third-order valence-electron chi connectivity index (χ3n) is 3.09. The van der Waals surface area contributed by atoms with E-state index >= 15 is 0 Å². The summed E-state index contributed by atoms with van der Waals surface area (Å²) in [4.78, 5) is 10.2. The molecule has 118 valence electrons. The van der Waals surface area contributed by atoms with Crippen molar-refractivity contribution >= 4 is 17.3 Å². The molecular weight excluding hydrogens is 308 g/mol. The average molecular weight is 325 g/mol. The maximum atomic E-state index is 10.7. The Morgan fingerprint density at radius 2 is 2.18 bits per heavy atom. The zero-order valence-electron chi connectivity index (χ0n) is 12.2. The van der Waals surface area contributed by atoms with E-state index in [1.54, 1.807) is 19.2 Å². The molecule has 0 aliphatic carbocycles. The second-order valence-electron chi connectivity index (χ2n) is 4.71. The molecule has 0 radical (unpaired) electrons. The molecule has 7 heteroatoms. The lowest BCUT2D eigenvalue weighted by Gasteiger charge is -2.03. The first kappa shape index (κ1) is 16.5. The van der Waals surface area contributed by atoms with Crippen LogP contribution in [0.3, 0.4) is 0 Å². The van der Waals surface area contributed by atoms with E-state index in [0.29, 0.717) is 22.9 Å². The van der Waals surface area contributed by atoms with Crippen LogP contribution in [-0.2, 0) is 11.3 Å². The molecule has 0 spiro atoms. The minimum atomic E-state index is -0.479. The van der Waals surface area contributed by atoms with Crippen LogP contribution in [0, 0.1) is 10.1 Å². The Bertz CT molecular complexity index is 642. The first-order valence-electron chi connectivity index (χ1n) is 6.84. The van der Waals surface area contributed by atoms with Gasteiger partial charge >= 0.3 is 0 Å². The van der Waals surface area contributed by atoms with Gasteiger partial charge in [-0.05, 0) is 31.2 Å². The maximum absolute atomic E-state index is 10.7. The van der Waals surface area contributed by atoms with Crippen LogP contribution in [0.5, 0.6) is 0 Å². The number of nitrogens with zero attached hydrogens (tertiary/aromatic N) is 1. The van der Waals surface area contributed by atoms with Crippen LogP contribution in [0.4, 0.5) is 5.69 Å². The standard InChI is InChI=1S/C15H17ClN2O4/c1-21-8-2-7-17-10-12-4-6-15(22-12)13-5-3-11(18(19)20)9-14(13)16/h3-6,9,17H,2,7-8,10H2,1H3. The van der Waals surface area contributed by atoms with Gasteiger partial charge < -0.3 is 14.5 Å². The van der Waals surface area contributed by atoms with E-state index in [2.05, 4.69) is 5.32 Å². The van der Waals surface area contributed by atoms with Gasteiger partial charge in [-0.3, -0.25) is 10.1 Å². The van der Waals surface area contributed by atoms with E-state index in [4.69, 9.17) is 20.8 Å². The molecule has 0 aliphatic heterocycles. The van der Waals surface area contributed by atoms with E-state index in [0.717, 1.165) is 25.3 Å². The topological polar surface area (TPSA) is 77.5 Å². The van der Waals surface area contributed by atoms with Crippen LogP contribution >= 0.6 is 11.6 Å². The molecule has 0 unspecified atom stereocenters. The Labute approximate surface area is 133 Å². The fraction of sp³-hybridized carbons (Fsp3) is 0.333. The van der Waals surface area contributed by atoms with Crippen molar-refractivity contribution in [2.45, 2.75) is 13.0 Å². The number of halogens is 1. The van der Waals surface area contributed by atoms with Crippen LogP contribution in [-0.4, -0.2) is 25.2 Å². The summed E-state index contributed by atoms with van der Waals surface area (Å²) in [6.45, 7) is 2.16. The summed E-state index contributed by atoms with van der Waals surface area (Å²) in [5.74, 6) is 1.37. The van der Waals surface area contributed by atoms with Gasteiger partial charge in [0.15, 0.2) is 0 Å². The molecule has 1 N–H and O–H groups in total. The third kappa shape index (κ3) is 4.30. The summed E-state index contributed by atoms with van der Waals surface area (Å²) < 4.78 is 10.7.